The van der Waals surface area contributed by atoms with Crippen molar-refractivity contribution in [1.82, 2.24) is 14.5 Å². The number of carbonyl (C=O) groups excluding carboxylic acids is 1. The number of ketones is 1. The number of nitrogens with zero attached hydrogens (tertiary/aromatic N) is 3. The summed E-state index contributed by atoms with van der Waals surface area (Å²) in [5.74, 6) is -1.70. The number of hydrogen-bond acceptors (Lipinski definition) is 3. The molecule has 0 saturated heterocycles. The normalized spacial score (nSPS) is 12.9. The minimum Gasteiger partial charge on any atom is -0.322 e. The van der Waals surface area contributed by atoms with E-state index in [0.717, 1.165) is 0 Å². The van der Waals surface area contributed by atoms with Crippen LogP contribution in [-0.2, 0) is 16.8 Å². The van der Waals surface area contributed by atoms with Crippen LogP contribution in [0.25, 0.3) is 11.0 Å². The molecule has 0 fully saturated rings. The van der Waals surface area contributed by atoms with Crippen LogP contribution in [0, 0.1) is 0 Å². The lowest BCUT2D eigenvalue weighted by Gasteiger charge is -2.24. The van der Waals surface area contributed by atoms with E-state index >= 15 is 0 Å². The zero-order valence-electron chi connectivity index (χ0n) is 11.3. The molecule has 2 rings (SSSR count). The van der Waals surface area contributed by atoms with E-state index in [0.29, 0.717) is 11.0 Å². The number of imidazole rings is 1. The summed E-state index contributed by atoms with van der Waals surface area (Å²) in [6, 6.07) is 1.68. The fourth-order valence-electron chi connectivity index (χ4n) is 2.09. The van der Waals surface area contributed by atoms with E-state index in [1.54, 1.807) is 16.8 Å². The van der Waals surface area contributed by atoms with Crippen molar-refractivity contribution in [3.63, 3.8) is 0 Å². The van der Waals surface area contributed by atoms with E-state index in [4.69, 9.17) is 0 Å². The van der Waals surface area contributed by atoms with Crippen molar-refractivity contribution in [3.8, 4) is 0 Å². The Morgan fingerprint density at radius 1 is 1.30 bits per heavy atom. The summed E-state index contributed by atoms with van der Waals surface area (Å²) in [7, 11) is 0. The van der Waals surface area contributed by atoms with Gasteiger partial charge in [0.1, 0.15) is 11.3 Å². The molecule has 0 bridgehead atoms. The molecule has 0 saturated carbocycles. The van der Waals surface area contributed by atoms with Crippen molar-refractivity contribution < 1.29 is 18.0 Å². The third kappa shape index (κ3) is 2.66. The average molecular weight is 285 g/mol. The lowest BCUT2D eigenvalue weighted by molar-refractivity contribution is -0.170. The van der Waals surface area contributed by atoms with Gasteiger partial charge in [-0.25, -0.2) is 4.98 Å². The van der Waals surface area contributed by atoms with Crippen molar-refractivity contribution >= 4 is 16.8 Å². The second-order valence-corrected chi connectivity index (χ2v) is 5.50. The highest BCUT2D eigenvalue weighted by Crippen LogP contribution is 2.26. The Labute approximate surface area is 113 Å². The van der Waals surface area contributed by atoms with Crippen LogP contribution in [0.2, 0.25) is 0 Å². The number of pyridine rings is 1. The summed E-state index contributed by atoms with van der Waals surface area (Å²) in [6.07, 6.45) is -2.60. The maximum absolute atomic E-state index is 12.4. The molecular formula is C13H14F3N3O. The maximum Gasteiger partial charge on any atom is 0.450 e. The van der Waals surface area contributed by atoms with Gasteiger partial charge in [-0.2, -0.15) is 13.2 Å². The highest BCUT2D eigenvalue weighted by Gasteiger charge is 2.39. The third-order valence-electron chi connectivity index (χ3n) is 2.83. The van der Waals surface area contributed by atoms with Gasteiger partial charge >= 0.3 is 6.18 Å². The zero-order valence-corrected chi connectivity index (χ0v) is 11.3. The van der Waals surface area contributed by atoms with Crippen LogP contribution in [-0.4, -0.2) is 26.5 Å². The van der Waals surface area contributed by atoms with Gasteiger partial charge in [-0.3, -0.25) is 9.78 Å². The van der Waals surface area contributed by atoms with E-state index in [-0.39, 0.29) is 5.82 Å². The van der Waals surface area contributed by atoms with Crippen LogP contribution in [0.1, 0.15) is 26.6 Å². The molecule has 0 aliphatic heterocycles. The fraction of sp³-hybridized carbons (Fsp3) is 0.462. The lowest BCUT2D eigenvalue weighted by atomic mass is 10.1. The largest absolute Gasteiger partial charge is 0.450 e. The molecule has 0 aliphatic rings. The summed E-state index contributed by atoms with van der Waals surface area (Å²) >= 11 is 0. The summed E-state index contributed by atoms with van der Waals surface area (Å²) in [5.41, 5.74) is 0.655. The first-order chi connectivity index (χ1) is 9.10. The first kappa shape index (κ1) is 14.5. The number of alkyl halides is 3. The van der Waals surface area contributed by atoms with Crippen molar-refractivity contribution in [2.45, 2.75) is 38.9 Å². The number of halogens is 3. The molecule has 7 heteroatoms. The summed E-state index contributed by atoms with van der Waals surface area (Å²) in [5, 5.41) is 0. The maximum atomic E-state index is 12.4. The molecule has 0 N–H and O–H groups in total. The smallest absolute Gasteiger partial charge is 0.322 e. The molecule has 0 aliphatic carbocycles. The molecule has 0 amide bonds. The first-order valence-electron chi connectivity index (χ1n) is 6.02. The van der Waals surface area contributed by atoms with Crippen molar-refractivity contribution in [3.05, 3.63) is 24.3 Å². The van der Waals surface area contributed by atoms with Gasteiger partial charge < -0.3 is 4.57 Å². The predicted octanol–water partition coefficient (Wildman–Crippen LogP) is 2.86. The van der Waals surface area contributed by atoms with Gasteiger partial charge in [-0.05, 0) is 26.8 Å². The number of fused-ring (bicyclic) bond motifs is 1. The standard InChI is InChI=1S/C13H14F3N3O/c1-12(2,3)19-9-4-5-17-7-8(9)18-11(19)6-10(20)13(14,15)16/h4-5,7H,6H2,1-3H3. The molecule has 0 unspecified atom stereocenters. The van der Waals surface area contributed by atoms with Crippen LogP contribution in [0.15, 0.2) is 18.5 Å². The van der Waals surface area contributed by atoms with Gasteiger partial charge in [-0.15, -0.1) is 0 Å². The van der Waals surface area contributed by atoms with E-state index in [1.165, 1.54) is 6.20 Å². The zero-order chi connectivity index (χ0) is 15.1. The molecule has 2 heterocycles. The van der Waals surface area contributed by atoms with Crippen molar-refractivity contribution in [2.75, 3.05) is 0 Å². The van der Waals surface area contributed by atoms with Crippen molar-refractivity contribution in [1.29, 1.82) is 0 Å². The molecule has 4 nitrogen and oxygen atoms in total. The SMILES string of the molecule is CC(C)(C)n1c(CC(=O)C(F)(F)F)nc2cnccc21. The second-order valence-electron chi connectivity index (χ2n) is 5.50. The monoisotopic (exact) mass is 285 g/mol. The number of Topliss-reactive ketones (excluding diaryl/α,β-unsaturated/α-hetero) is 1. The molecule has 0 spiro atoms. The van der Waals surface area contributed by atoms with E-state index in [2.05, 4.69) is 9.97 Å². The number of aromatic nitrogens is 3. The first-order valence-corrected chi connectivity index (χ1v) is 6.02. The summed E-state index contributed by atoms with van der Waals surface area (Å²) in [6.45, 7) is 5.53. The summed E-state index contributed by atoms with van der Waals surface area (Å²) < 4.78 is 38.9. The fourth-order valence-corrected chi connectivity index (χ4v) is 2.09. The molecule has 2 aromatic rings. The van der Waals surface area contributed by atoms with Crippen LogP contribution in [0.4, 0.5) is 13.2 Å². The average Bonchev–Trinajstić information content (AvgIpc) is 2.64. The highest BCUT2D eigenvalue weighted by atomic mass is 19.4. The topological polar surface area (TPSA) is 47.8 Å². The minimum atomic E-state index is -4.85. The molecular weight excluding hydrogens is 271 g/mol. The Morgan fingerprint density at radius 2 is 1.95 bits per heavy atom. The van der Waals surface area contributed by atoms with E-state index < -0.39 is 23.9 Å². The van der Waals surface area contributed by atoms with Crippen LogP contribution in [0.3, 0.4) is 0 Å². The van der Waals surface area contributed by atoms with Crippen LogP contribution < -0.4 is 0 Å². The Morgan fingerprint density at radius 3 is 2.50 bits per heavy atom. The Hall–Kier alpha value is -1.92. The van der Waals surface area contributed by atoms with E-state index in [1.807, 2.05) is 20.8 Å². The Balaban J connectivity index is 2.56. The highest BCUT2D eigenvalue weighted by molar-refractivity contribution is 5.86. The molecule has 0 atom stereocenters. The van der Waals surface area contributed by atoms with Crippen LogP contribution >= 0.6 is 0 Å². The van der Waals surface area contributed by atoms with Gasteiger partial charge in [0.05, 0.1) is 18.1 Å². The van der Waals surface area contributed by atoms with Gasteiger partial charge in [0.2, 0.25) is 5.78 Å². The molecule has 108 valence electrons. The quantitative estimate of drug-likeness (QED) is 0.852. The number of rotatable bonds is 2. The third-order valence-corrected chi connectivity index (χ3v) is 2.83. The van der Waals surface area contributed by atoms with Gasteiger partial charge in [0, 0.05) is 11.7 Å². The Bertz CT molecular complexity index is 653. The Kier molecular flexibility index (Phi) is 3.31. The number of hydrogen-bond donors (Lipinski definition) is 0. The van der Waals surface area contributed by atoms with Gasteiger partial charge in [0.15, 0.2) is 0 Å². The van der Waals surface area contributed by atoms with Crippen molar-refractivity contribution in [2.24, 2.45) is 0 Å². The van der Waals surface area contributed by atoms with E-state index in [9.17, 15) is 18.0 Å². The molecule has 2 aromatic heterocycles. The lowest BCUT2D eigenvalue weighted by Crippen LogP contribution is -2.29. The summed E-state index contributed by atoms with van der Waals surface area (Å²) in [4.78, 5) is 19.2. The molecule has 0 aromatic carbocycles. The number of carbonyl (C=O) groups is 1. The van der Waals surface area contributed by atoms with Gasteiger partial charge in [0.25, 0.3) is 0 Å². The molecule has 20 heavy (non-hydrogen) atoms. The van der Waals surface area contributed by atoms with Gasteiger partial charge in [-0.1, -0.05) is 0 Å². The molecule has 0 radical (unpaired) electrons. The van der Waals surface area contributed by atoms with Crippen LogP contribution in [0.5, 0.6) is 0 Å². The minimum absolute atomic E-state index is 0.0998. The predicted molar refractivity (Wildman–Crippen MR) is 67.3 cm³/mol. The second kappa shape index (κ2) is 4.57.